The number of carbonyl (C=O) groups is 4. The SMILES string of the molecule is O=C1c2ncccc2C(=O)N2CC(=O)N(Cc3ccc(F)cc3)C(=O)C12. The van der Waals surface area contributed by atoms with Crippen molar-refractivity contribution < 1.29 is 23.6 Å². The monoisotopic (exact) mass is 353 g/mol. The van der Waals surface area contributed by atoms with Crippen LogP contribution in [0.15, 0.2) is 42.6 Å². The molecule has 26 heavy (non-hydrogen) atoms. The number of pyridine rings is 1. The van der Waals surface area contributed by atoms with E-state index in [1.54, 1.807) is 0 Å². The summed E-state index contributed by atoms with van der Waals surface area (Å²) in [6, 6.07) is 6.89. The Morgan fingerprint density at radius 1 is 1.08 bits per heavy atom. The zero-order valence-electron chi connectivity index (χ0n) is 13.4. The number of rotatable bonds is 2. The maximum atomic E-state index is 13.0. The molecule has 3 amide bonds. The summed E-state index contributed by atoms with van der Waals surface area (Å²) < 4.78 is 13.0. The van der Waals surface area contributed by atoms with Crippen LogP contribution in [0, 0.1) is 5.82 Å². The number of ketones is 1. The number of imide groups is 1. The molecule has 1 unspecified atom stereocenters. The molecule has 130 valence electrons. The second-order valence-electron chi connectivity index (χ2n) is 6.04. The summed E-state index contributed by atoms with van der Waals surface area (Å²) in [5, 5.41) is 0. The van der Waals surface area contributed by atoms with Crippen molar-refractivity contribution in [3.63, 3.8) is 0 Å². The fraction of sp³-hybridized carbons (Fsp3) is 0.167. The topological polar surface area (TPSA) is 87.7 Å². The average molecular weight is 353 g/mol. The van der Waals surface area contributed by atoms with Gasteiger partial charge < -0.3 is 4.90 Å². The van der Waals surface area contributed by atoms with Crippen LogP contribution in [0.3, 0.4) is 0 Å². The smallest absolute Gasteiger partial charge is 0.260 e. The summed E-state index contributed by atoms with van der Waals surface area (Å²) in [6.07, 6.45) is 1.37. The van der Waals surface area contributed by atoms with Crippen LogP contribution in [0.25, 0.3) is 0 Å². The van der Waals surface area contributed by atoms with Gasteiger partial charge in [0.05, 0.1) is 12.1 Å². The lowest BCUT2D eigenvalue weighted by atomic mass is 9.93. The van der Waals surface area contributed by atoms with Crippen LogP contribution in [-0.4, -0.2) is 50.9 Å². The number of nitrogens with zero attached hydrogens (tertiary/aromatic N) is 3. The standard InChI is InChI=1S/C18H12FN3O4/c19-11-5-3-10(4-6-11)8-21-13(23)9-22-15(18(21)26)16(24)14-12(17(22)25)2-1-7-20-14/h1-7,15H,8-9H2. The molecular formula is C18H12FN3O4. The Kier molecular flexibility index (Phi) is 3.61. The fourth-order valence-corrected chi connectivity index (χ4v) is 3.17. The van der Waals surface area contributed by atoms with Gasteiger partial charge in [0.2, 0.25) is 11.7 Å². The van der Waals surface area contributed by atoms with Crippen LogP contribution < -0.4 is 0 Å². The van der Waals surface area contributed by atoms with E-state index < -0.39 is 35.4 Å². The highest BCUT2D eigenvalue weighted by Gasteiger charge is 2.50. The highest BCUT2D eigenvalue weighted by Crippen LogP contribution is 2.26. The number of Topliss-reactive ketones (excluding diaryl/α,β-unsaturated/α-hetero) is 1. The van der Waals surface area contributed by atoms with Crippen molar-refractivity contribution in [2.45, 2.75) is 12.6 Å². The Morgan fingerprint density at radius 2 is 1.81 bits per heavy atom. The van der Waals surface area contributed by atoms with Gasteiger partial charge in [-0.1, -0.05) is 12.1 Å². The number of carbonyl (C=O) groups excluding carboxylic acids is 4. The number of hydrogen-bond donors (Lipinski definition) is 0. The lowest BCUT2D eigenvalue weighted by Gasteiger charge is -2.40. The van der Waals surface area contributed by atoms with Crippen molar-refractivity contribution >= 4 is 23.5 Å². The van der Waals surface area contributed by atoms with E-state index in [0.717, 1.165) is 9.80 Å². The normalized spacial score (nSPS) is 19.5. The molecule has 0 radical (unpaired) electrons. The molecule has 0 bridgehead atoms. The van der Waals surface area contributed by atoms with Crippen molar-refractivity contribution in [1.82, 2.24) is 14.8 Å². The average Bonchev–Trinajstić information content (AvgIpc) is 2.64. The third-order valence-corrected chi connectivity index (χ3v) is 4.45. The van der Waals surface area contributed by atoms with Crippen molar-refractivity contribution in [2.24, 2.45) is 0 Å². The first-order valence-electron chi connectivity index (χ1n) is 7.86. The van der Waals surface area contributed by atoms with E-state index in [9.17, 15) is 23.6 Å². The highest BCUT2D eigenvalue weighted by molar-refractivity contribution is 6.25. The molecule has 1 atom stereocenters. The molecule has 1 saturated heterocycles. The lowest BCUT2D eigenvalue weighted by Crippen LogP contribution is -2.65. The van der Waals surface area contributed by atoms with E-state index in [0.29, 0.717) is 5.56 Å². The summed E-state index contributed by atoms with van der Waals surface area (Å²) in [7, 11) is 0. The zero-order valence-corrected chi connectivity index (χ0v) is 13.4. The van der Waals surface area contributed by atoms with E-state index in [4.69, 9.17) is 0 Å². The zero-order chi connectivity index (χ0) is 18.4. The summed E-state index contributed by atoms with van der Waals surface area (Å²) in [5.41, 5.74) is 0.555. The van der Waals surface area contributed by atoms with Gasteiger partial charge in [-0.25, -0.2) is 4.39 Å². The minimum absolute atomic E-state index is 0.0665. The molecule has 0 N–H and O–H groups in total. The van der Waals surface area contributed by atoms with Gasteiger partial charge in [0.15, 0.2) is 6.04 Å². The van der Waals surface area contributed by atoms with Gasteiger partial charge in [-0.05, 0) is 29.8 Å². The molecule has 2 aliphatic heterocycles. The third-order valence-electron chi connectivity index (χ3n) is 4.45. The Bertz CT molecular complexity index is 957. The predicted molar refractivity (Wildman–Crippen MR) is 85.3 cm³/mol. The second kappa shape index (κ2) is 5.83. The van der Waals surface area contributed by atoms with E-state index in [-0.39, 0.29) is 24.3 Å². The summed E-state index contributed by atoms with van der Waals surface area (Å²) >= 11 is 0. The minimum atomic E-state index is -1.40. The molecule has 0 saturated carbocycles. The number of hydrogen-bond acceptors (Lipinski definition) is 5. The van der Waals surface area contributed by atoms with Gasteiger partial charge in [-0.2, -0.15) is 0 Å². The molecule has 2 aliphatic rings. The molecule has 1 fully saturated rings. The molecule has 1 aromatic heterocycles. The first kappa shape index (κ1) is 16.1. The number of halogens is 1. The fourth-order valence-electron chi connectivity index (χ4n) is 3.17. The molecule has 7 nitrogen and oxygen atoms in total. The predicted octanol–water partition coefficient (Wildman–Crippen LogP) is 0.797. The highest BCUT2D eigenvalue weighted by atomic mass is 19.1. The minimum Gasteiger partial charge on any atom is -0.310 e. The van der Waals surface area contributed by atoms with Crippen LogP contribution in [0.5, 0.6) is 0 Å². The number of piperazine rings is 1. The number of aromatic nitrogens is 1. The van der Waals surface area contributed by atoms with Gasteiger partial charge in [-0.15, -0.1) is 0 Å². The first-order chi connectivity index (χ1) is 12.5. The van der Waals surface area contributed by atoms with Gasteiger partial charge in [0.1, 0.15) is 18.1 Å². The molecule has 0 aliphatic carbocycles. The van der Waals surface area contributed by atoms with E-state index >= 15 is 0 Å². The van der Waals surface area contributed by atoms with Gasteiger partial charge in [0, 0.05) is 6.20 Å². The van der Waals surface area contributed by atoms with E-state index in [1.165, 1.54) is 42.6 Å². The van der Waals surface area contributed by atoms with Crippen molar-refractivity contribution in [3.05, 3.63) is 65.2 Å². The third kappa shape index (κ3) is 2.38. The van der Waals surface area contributed by atoms with Crippen molar-refractivity contribution in [2.75, 3.05) is 6.54 Å². The largest absolute Gasteiger partial charge is 0.310 e. The molecule has 1 aromatic carbocycles. The molecule has 3 heterocycles. The Balaban J connectivity index is 1.68. The second-order valence-corrected chi connectivity index (χ2v) is 6.04. The maximum Gasteiger partial charge on any atom is 0.260 e. The lowest BCUT2D eigenvalue weighted by molar-refractivity contribution is -0.153. The van der Waals surface area contributed by atoms with Gasteiger partial charge >= 0.3 is 0 Å². The van der Waals surface area contributed by atoms with Gasteiger partial charge in [-0.3, -0.25) is 29.1 Å². The Morgan fingerprint density at radius 3 is 2.54 bits per heavy atom. The van der Waals surface area contributed by atoms with Crippen LogP contribution in [-0.2, 0) is 16.1 Å². The molecule has 0 spiro atoms. The quantitative estimate of drug-likeness (QED) is 0.589. The molecule has 2 aromatic rings. The number of benzene rings is 1. The molecular weight excluding hydrogens is 341 g/mol. The molecule has 8 heteroatoms. The van der Waals surface area contributed by atoms with Crippen LogP contribution in [0.1, 0.15) is 26.4 Å². The molecule has 4 rings (SSSR count). The Hall–Kier alpha value is -3.42. The number of amides is 3. The van der Waals surface area contributed by atoms with Crippen LogP contribution in [0.2, 0.25) is 0 Å². The summed E-state index contributed by atoms with van der Waals surface area (Å²) in [4.78, 5) is 56.3. The Labute approximate surface area is 147 Å². The number of fused-ring (bicyclic) bond motifs is 2. The van der Waals surface area contributed by atoms with Crippen LogP contribution >= 0.6 is 0 Å². The van der Waals surface area contributed by atoms with Crippen LogP contribution in [0.4, 0.5) is 4.39 Å². The van der Waals surface area contributed by atoms with Crippen molar-refractivity contribution in [1.29, 1.82) is 0 Å². The first-order valence-corrected chi connectivity index (χ1v) is 7.86. The summed E-state index contributed by atoms with van der Waals surface area (Å²) in [5.74, 6) is -2.99. The van der Waals surface area contributed by atoms with E-state index in [1.807, 2.05) is 0 Å². The van der Waals surface area contributed by atoms with Gasteiger partial charge in [0.25, 0.3) is 11.8 Å². The summed E-state index contributed by atoms with van der Waals surface area (Å²) in [6.45, 7) is -0.477. The van der Waals surface area contributed by atoms with Crippen molar-refractivity contribution in [3.8, 4) is 0 Å². The maximum absolute atomic E-state index is 13.0. The van der Waals surface area contributed by atoms with E-state index in [2.05, 4.69) is 4.98 Å².